The zero-order chi connectivity index (χ0) is 18.6. The van der Waals surface area contributed by atoms with Gasteiger partial charge in [-0.05, 0) is 44.7 Å². The Hall–Kier alpha value is -2.70. The molecule has 1 atom stereocenters. The standard InChI is InChI=1S/C20H26N6O/c1-15-6-4-8-17(23-15)24-20(27)16-7-5-11-26(13-16)19-12-18(21-14-22-19)25-9-2-3-10-25/h4,6,8,12,14,16H,2-3,5,7,9-11,13H2,1H3,(H,23,24,27). The molecule has 142 valence electrons. The number of anilines is 3. The van der Waals surface area contributed by atoms with E-state index in [2.05, 4.69) is 36.1 Å². The van der Waals surface area contributed by atoms with Crippen LogP contribution in [0.5, 0.6) is 0 Å². The molecule has 2 aliphatic heterocycles. The van der Waals surface area contributed by atoms with Gasteiger partial charge in [-0.1, -0.05) is 6.07 Å². The van der Waals surface area contributed by atoms with Crippen LogP contribution < -0.4 is 15.1 Å². The molecule has 0 bridgehead atoms. The normalized spacial score (nSPS) is 20.0. The summed E-state index contributed by atoms with van der Waals surface area (Å²) in [5.41, 5.74) is 0.897. The fourth-order valence-electron chi connectivity index (χ4n) is 3.87. The first kappa shape index (κ1) is 17.7. The molecular formula is C20H26N6O. The van der Waals surface area contributed by atoms with Crippen LogP contribution in [0.4, 0.5) is 17.5 Å². The number of aromatic nitrogens is 3. The average molecular weight is 366 g/mol. The zero-order valence-electron chi connectivity index (χ0n) is 15.8. The number of piperidine rings is 1. The van der Waals surface area contributed by atoms with Crippen molar-refractivity contribution in [3.63, 3.8) is 0 Å². The number of pyridine rings is 1. The van der Waals surface area contributed by atoms with Crippen molar-refractivity contribution >= 4 is 23.4 Å². The smallest absolute Gasteiger partial charge is 0.230 e. The molecule has 0 aromatic carbocycles. The van der Waals surface area contributed by atoms with Crippen LogP contribution in [-0.2, 0) is 4.79 Å². The van der Waals surface area contributed by atoms with Gasteiger partial charge in [0.15, 0.2) is 0 Å². The number of carbonyl (C=O) groups excluding carboxylic acids is 1. The fraction of sp³-hybridized carbons (Fsp3) is 0.500. The first-order valence-electron chi connectivity index (χ1n) is 9.75. The minimum atomic E-state index is -0.0636. The Morgan fingerprint density at radius 2 is 1.81 bits per heavy atom. The number of aryl methyl sites for hydroxylation is 1. The molecular weight excluding hydrogens is 340 g/mol. The summed E-state index contributed by atoms with van der Waals surface area (Å²) in [6.45, 7) is 5.64. The van der Waals surface area contributed by atoms with E-state index >= 15 is 0 Å². The highest BCUT2D eigenvalue weighted by atomic mass is 16.2. The van der Waals surface area contributed by atoms with Crippen molar-refractivity contribution in [2.45, 2.75) is 32.6 Å². The molecule has 4 rings (SSSR count). The van der Waals surface area contributed by atoms with Gasteiger partial charge in [0.05, 0.1) is 5.92 Å². The molecule has 1 N–H and O–H groups in total. The fourth-order valence-corrected chi connectivity index (χ4v) is 3.87. The van der Waals surface area contributed by atoms with E-state index in [-0.39, 0.29) is 11.8 Å². The molecule has 2 fully saturated rings. The monoisotopic (exact) mass is 366 g/mol. The molecule has 4 heterocycles. The molecule has 2 aromatic rings. The van der Waals surface area contributed by atoms with Gasteiger partial charge in [-0.15, -0.1) is 0 Å². The SMILES string of the molecule is Cc1cccc(NC(=O)C2CCCN(c3cc(N4CCCC4)ncn3)C2)n1. The molecule has 7 nitrogen and oxygen atoms in total. The van der Waals surface area contributed by atoms with Gasteiger partial charge in [0, 0.05) is 37.9 Å². The Kier molecular flexibility index (Phi) is 5.18. The van der Waals surface area contributed by atoms with Crippen molar-refractivity contribution in [1.29, 1.82) is 0 Å². The highest BCUT2D eigenvalue weighted by Crippen LogP contribution is 2.26. The van der Waals surface area contributed by atoms with Crippen LogP contribution in [0, 0.1) is 12.8 Å². The summed E-state index contributed by atoms with van der Waals surface area (Å²) in [5.74, 6) is 2.50. The molecule has 7 heteroatoms. The van der Waals surface area contributed by atoms with Crippen LogP contribution in [0.25, 0.3) is 0 Å². The quantitative estimate of drug-likeness (QED) is 0.897. The number of amides is 1. The third kappa shape index (κ3) is 4.18. The molecule has 0 aliphatic carbocycles. The summed E-state index contributed by atoms with van der Waals surface area (Å²) >= 11 is 0. The van der Waals surface area contributed by atoms with Gasteiger partial charge < -0.3 is 15.1 Å². The van der Waals surface area contributed by atoms with Crippen LogP contribution in [0.3, 0.4) is 0 Å². The van der Waals surface area contributed by atoms with Gasteiger partial charge in [0.1, 0.15) is 23.8 Å². The van der Waals surface area contributed by atoms with Crippen molar-refractivity contribution in [1.82, 2.24) is 15.0 Å². The first-order chi connectivity index (χ1) is 13.2. The van der Waals surface area contributed by atoms with Crippen molar-refractivity contribution < 1.29 is 4.79 Å². The number of hydrogen-bond acceptors (Lipinski definition) is 6. The van der Waals surface area contributed by atoms with Gasteiger partial charge >= 0.3 is 0 Å². The third-order valence-electron chi connectivity index (χ3n) is 5.32. The predicted octanol–water partition coefficient (Wildman–Crippen LogP) is 2.64. The molecule has 1 amide bonds. The third-order valence-corrected chi connectivity index (χ3v) is 5.32. The first-order valence-corrected chi connectivity index (χ1v) is 9.75. The second-order valence-corrected chi connectivity index (χ2v) is 7.37. The van der Waals surface area contributed by atoms with E-state index in [1.54, 1.807) is 6.33 Å². The van der Waals surface area contributed by atoms with Crippen molar-refractivity contribution in [2.75, 3.05) is 41.3 Å². The second kappa shape index (κ2) is 7.90. The lowest BCUT2D eigenvalue weighted by Gasteiger charge is -2.33. The van der Waals surface area contributed by atoms with Crippen LogP contribution in [0.2, 0.25) is 0 Å². The van der Waals surface area contributed by atoms with Crippen molar-refractivity contribution in [3.05, 3.63) is 36.3 Å². The number of hydrogen-bond donors (Lipinski definition) is 1. The Balaban J connectivity index is 1.43. The molecule has 2 aliphatic rings. The van der Waals surface area contributed by atoms with Crippen LogP contribution in [-0.4, -0.2) is 47.0 Å². The maximum Gasteiger partial charge on any atom is 0.230 e. The van der Waals surface area contributed by atoms with Crippen molar-refractivity contribution in [3.8, 4) is 0 Å². The van der Waals surface area contributed by atoms with Gasteiger partial charge in [0.2, 0.25) is 5.91 Å². The molecule has 0 saturated carbocycles. The van der Waals surface area contributed by atoms with Gasteiger partial charge in [-0.25, -0.2) is 15.0 Å². The molecule has 1 unspecified atom stereocenters. The van der Waals surface area contributed by atoms with E-state index < -0.39 is 0 Å². The van der Waals surface area contributed by atoms with E-state index in [1.807, 2.05) is 25.1 Å². The molecule has 0 radical (unpaired) electrons. The maximum atomic E-state index is 12.7. The summed E-state index contributed by atoms with van der Waals surface area (Å²) in [5, 5.41) is 2.96. The van der Waals surface area contributed by atoms with Gasteiger partial charge in [0.25, 0.3) is 0 Å². The van der Waals surface area contributed by atoms with E-state index in [0.29, 0.717) is 12.4 Å². The molecule has 0 spiro atoms. The summed E-state index contributed by atoms with van der Waals surface area (Å²) in [6, 6.07) is 7.73. The zero-order valence-corrected chi connectivity index (χ0v) is 15.8. The Morgan fingerprint density at radius 1 is 1.07 bits per heavy atom. The molecule has 2 saturated heterocycles. The van der Waals surface area contributed by atoms with Gasteiger partial charge in [-0.3, -0.25) is 4.79 Å². The highest BCUT2D eigenvalue weighted by Gasteiger charge is 2.27. The minimum Gasteiger partial charge on any atom is -0.356 e. The van der Waals surface area contributed by atoms with Gasteiger partial charge in [-0.2, -0.15) is 0 Å². The van der Waals surface area contributed by atoms with Crippen LogP contribution in [0.15, 0.2) is 30.6 Å². The lowest BCUT2D eigenvalue weighted by atomic mass is 9.97. The Bertz CT molecular complexity index is 805. The number of carbonyl (C=O) groups is 1. The topological polar surface area (TPSA) is 74.2 Å². The Labute approximate surface area is 159 Å². The average Bonchev–Trinajstić information content (AvgIpc) is 3.23. The van der Waals surface area contributed by atoms with E-state index in [9.17, 15) is 4.79 Å². The number of nitrogens with one attached hydrogen (secondary N) is 1. The van der Waals surface area contributed by atoms with Crippen molar-refractivity contribution in [2.24, 2.45) is 5.92 Å². The summed E-state index contributed by atoms with van der Waals surface area (Å²) < 4.78 is 0. The number of rotatable bonds is 4. The number of nitrogens with zero attached hydrogens (tertiary/aromatic N) is 5. The van der Waals surface area contributed by atoms with E-state index in [0.717, 1.165) is 49.8 Å². The molecule has 2 aromatic heterocycles. The Morgan fingerprint density at radius 3 is 2.59 bits per heavy atom. The van der Waals surface area contributed by atoms with Crippen LogP contribution in [0.1, 0.15) is 31.4 Å². The second-order valence-electron chi connectivity index (χ2n) is 7.37. The highest BCUT2D eigenvalue weighted by molar-refractivity contribution is 5.92. The van der Waals surface area contributed by atoms with E-state index in [4.69, 9.17) is 0 Å². The van der Waals surface area contributed by atoms with Crippen LogP contribution >= 0.6 is 0 Å². The minimum absolute atomic E-state index is 0.0339. The summed E-state index contributed by atoms with van der Waals surface area (Å²) in [7, 11) is 0. The maximum absolute atomic E-state index is 12.7. The lowest BCUT2D eigenvalue weighted by molar-refractivity contribution is -0.120. The largest absolute Gasteiger partial charge is 0.356 e. The summed E-state index contributed by atoms with van der Waals surface area (Å²) in [6.07, 6.45) is 5.94. The summed E-state index contributed by atoms with van der Waals surface area (Å²) in [4.78, 5) is 30.5. The predicted molar refractivity (Wildman–Crippen MR) is 106 cm³/mol. The van der Waals surface area contributed by atoms with E-state index in [1.165, 1.54) is 12.8 Å². The lowest BCUT2D eigenvalue weighted by Crippen LogP contribution is -2.41. The molecule has 27 heavy (non-hydrogen) atoms.